The SMILES string of the molecule is CC(C)CC(=O)[C@H]1CC[C@H]2[C@@H]3CC=C4C=C(C(=O)O)CC[C@]4(C)[C@H]3CC[C@]12C. The molecule has 4 aliphatic carbocycles. The summed E-state index contributed by atoms with van der Waals surface area (Å²) < 4.78 is 0. The number of rotatable bonds is 4. The molecule has 0 amide bonds. The molecule has 0 aromatic heterocycles. The molecule has 3 nitrogen and oxygen atoms in total. The van der Waals surface area contributed by atoms with Crippen LogP contribution in [0.2, 0.25) is 0 Å². The van der Waals surface area contributed by atoms with E-state index in [-0.39, 0.29) is 16.7 Å². The molecule has 0 saturated heterocycles. The lowest BCUT2D eigenvalue weighted by atomic mass is 9.47. The number of carboxylic acids is 1. The zero-order chi connectivity index (χ0) is 20.3. The largest absolute Gasteiger partial charge is 0.478 e. The van der Waals surface area contributed by atoms with Crippen molar-refractivity contribution in [3.05, 3.63) is 23.3 Å². The molecule has 4 rings (SSSR count). The van der Waals surface area contributed by atoms with Crippen molar-refractivity contribution < 1.29 is 14.7 Å². The molecule has 28 heavy (non-hydrogen) atoms. The Kier molecular flexibility index (Phi) is 4.87. The van der Waals surface area contributed by atoms with E-state index in [1.54, 1.807) is 0 Å². The Labute approximate surface area is 169 Å². The predicted molar refractivity (Wildman–Crippen MR) is 111 cm³/mol. The fraction of sp³-hybridized carbons (Fsp3) is 0.760. The van der Waals surface area contributed by atoms with Crippen molar-refractivity contribution in [2.75, 3.05) is 0 Å². The minimum absolute atomic E-state index is 0.114. The summed E-state index contributed by atoms with van der Waals surface area (Å²) in [6.07, 6.45) is 12.4. The quantitative estimate of drug-likeness (QED) is 0.666. The number of hydrogen-bond acceptors (Lipinski definition) is 2. The Balaban J connectivity index is 1.61. The van der Waals surface area contributed by atoms with Gasteiger partial charge in [-0.2, -0.15) is 0 Å². The first kappa shape index (κ1) is 19.9. The summed E-state index contributed by atoms with van der Waals surface area (Å²) in [5, 5.41) is 9.42. The molecule has 0 aliphatic heterocycles. The maximum Gasteiger partial charge on any atom is 0.331 e. The number of fused-ring (bicyclic) bond motifs is 5. The van der Waals surface area contributed by atoms with Crippen molar-refractivity contribution >= 4 is 11.8 Å². The maximum absolute atomic E-state index is 13.0. The zero-order valence-electron chi connectivity index (χ0n) is 18.0. The van der Waals surface area contributed by atoms with Crippen LogP contribution in [0, 0.1) is 40.4 Å². The van der Waals surface area contributed by atoms with Crippen LogP contribution in [0.3, 0.4) is 0 Å². The second kappa shape index (κ2) is 6.85. The average Bonchev–Trinajstić information content (AvgIpc) is 2.97. The number of allylic oxidation sites excluding steroid dienone is 3. The molecule has 0 aromatic rings. The molecule has 2 saturated carbocycles. The van der Waals surface area contributed by atoms with Gasteiger partial charge in [0.1, 0.15) is 5.78 Å². The minimum Gasteiger partial charge on any atom is -0.478 e. The fourth-order valence-corrected chi connectivity index (χ4v) is 7.57. The summed E-state index contributed by atoms with van der Waals surface area (Å²) in [5.74, 6) is 2.38. The smallest absolute Gasteiger partial charge is 0.331 e. The molecule has 0 heterocycles. The van der Waals surface area contributed by atoms with E-state index < -0.39 is 5.97 Å². The van der Waals surface area contributed by atoms with Crippen LogP contribution in [-0.4, -0.2) is 16.9 Å². The Morgan fingerprint density at radius 1 is 1.14 bits per heavy atom. The summed E-state index contributed by atoms with van der Waals surface area (Å²) in [5.41, 5.74) is 2.13. The topological polar surface area (TPSA) is 54.4 Å². The predicted octanol–water partition coefficient (Wildman–Crippen LogP) is 5.80. The summed E-state index contributed by atoms with van der Waals surface area (Å²) in [7, 11) is 0. The third-order valence-electron chi connectivity index (χ3n) is 9.04. The van der Waals surface area contributed by atoms with Crippen LogP contribution in [0.1, 0.15) is 79.1 Å². The van der Waals surface area contributed by atoms with Gasteiger partial charge in [0.2, 0.25) is 0 Å². The lowest BCUT2D eigenvalue weighted by Gasteiger charge is -2.57. The molecule has 154 valence electrons. The van der Waals surface area contributed by atoms with Crippen molar-refractivity contribution in [2.45, 2.75) is 79.1 Å². The molecule has 3 heteroatoms. The third-order valence-corrected chi connectivity index (χ3v) is 9.04. The van der Waals surface area contributed by atoms with E-state index in [2.05, 4.69) is 33.8 Å². The van der Waals surface area contributed by atoms with Crippen LogP contribution in [0.4, 0.5) is 0 Å². The molecule has 0 aromatic carbocycles. The summed E-state index contributed by atoms with van der Waals surface area (Å²) in [4.78, 5) is 24.4. The van der Waals surface area contributed by atoms with Gasteiger partial charge < -0.3 is 5.11 Å². The van der Waals surface area contributed by atoms with Gasteiger partial charge in [-0.1, -0.05) is 33.8 Å². The second-order valence-electron chi connectivity index (χ2n) is 10.9. The number of aliphatic carboxylic acids is 1. The number of carboxylic acid groups (broad SMARTS) is 1. The van der Waals surface area contributed by atoms with Gasteiger partial charge in [-0.15, -0.1) is 0 Å². The van der Waals surface area contributed by atoms with Gasteiger partial charge in [-0.25, -0.2) is 4.79 Å². The number of ketones is 1. The van der Waals surface area contributed by atoms with E-state index in [1.165, 1.54) is 18.4 Å². The highest BCUT2D eigenvalue weighted by atomic mass is 16.4. The third kappa shape index (κ3) is 2.92. The first-order chi connectivity index (χ1) is 13.2. The van der Waals surface area contributed by atoms with Gasteiger partial charge in [0.25, 0.3) is 0 Å². The van der Waals surface area contributed by atoms with Gasteiger partial charge >= 0.3 is 5.97 Å². The van der Waals surface area contributed by atoms with E-state index in [1.807, 2.05) is 6.08 Å². The molecule has 1 N–H and O–H groups in total. The minimum atomic E-state index is -0.761. The lowest BCUT2D eigenvalue weighted by Crippen LogP contribution is -2.50. The molecule has 0 radical (unpaired) electrons. The van der Waals surface area contributed by atoms with Crippen molar-refractivity contribution in [1.82, 2.24) is 0 Å². The van der Waals surface area contributed by atoms with E-state index in [0.29, 0.717) is 41.4 Å². The number of carbonyl (C=O) groups excluding carboxylic acids is 1. The average molecular weight is 385 g/mol. The lowest BCUT2D eigenvalue weighted by molar-refractivity contribution is -0.133. The van der Waals surface area contributed by atoms with Crippen LogP contribution in [0.15, 0.2) is 23.3 Å². The Morgan fingerprint density at radius 2 is 1.89 bits per heavy atom. The van der Waals surface area contributed by atoms with Crippen molar-refractivity contribution in [1.29, 1.82) is 0 Å². The normalized spacial score (nSPS) is 42.2. The number of hydrogen-bond donors (Lipinski definition) is 1. The van der Waals surface area contributed by atoms with Gasteiger partial charge in [0.15, 0.2) is 0 Å². The molecule has 0 bridgehead atoms. The monoisotopic (exact) mass is 384 g/mol. The highest BCUT2D eigenvalue weighted by molar-refractivity contribution is 5.87. The summed E-state index contributed by atoms with van der Waals surface area (Å²) in [6, 6.07) is 0. The molecule has 0 unspecified atom stereocenters. The van der Waals surface area contributed by atoms with Crippen LogP contribution in [0.5, 0.6) is 0 Å². The maximum atomic E-state index is 13.0. The van der Waals surface area contributed by atoms with Gasteiger partial charge in [0, 0.05) is 17.9 Å². The van der Waals surface area contributed by atoms with E-state index in [9.17, 15) is 14.7 Å². The standard InChI is InChI=1S/C25H36O3/c1-15(2)13-22(26)21-8-7-19-18-6-5-17-14-16(23(27)28)9-11-24(17,3)20(18)10-12-25(19,21)4/h5,14-15,18-21H,6-13H2,1-4H3,(H,27,28)/t18-,19-,20-,21+,24-,25-/m0/s1. The molecule has 4 aliphatic rings. The van der Waals surface area contributed by atoms with Crippen LogP contribution >= 0.6 is 0 Å². The summed E-state index contributed by atoms with van der Waals surface area (Å²) in [6.45, 7) is 9.10. The summed E-state index contributed by atoms with van der Waals surface area (Å²) >= 11 is 0. The first-order valence-corrected chi connectivity index (χ1v) is 11.3. The highest BCUT2D eigenvalue weighted by Gasteiger charge is 2.59. The molecule has 6 atom stereocenters. The fourth-order valence-electron chi connectivity index (χ4n) is 7.57. The van der Waals surface area contributed by atoms with Crippen LogP contribution in [0.25, 0.3) is 0 Å². The van der Waals surface area contributed by atoms with Crippen LogP contribution in [-0.2, 0) is 9.59 Å². The molecule has 2 fully saturated rings. The first-order valence-electron chi connectivity index (χ1n) is 11.3. The molecule has 0 spiro atoms. The van der Waals surface area contributed by atoms with Gasteiger partial charge in [0.05, 0.1) is 0 Å². The van der Waals surface area contributed by atoms with E-state index in [4.69, 9.17) is 0 Å². The molecular formula is C25H36O3. The van der Waals surface area contributed by atoms with Crippen molar-refractivity contribution in [3.8, 4) is 0 Å². The Hall–Kier alpha value is -1.38. The second-order valence-corrected chi connectivity index (χ2v) is 10.9. The number of Topliss-reactive ketones (excluding diaryl/α,β-unsaturated/α-hetero) is 1. The molecular weight excluding hydrogens is 348 g/mol. The van der Waals surface area contributed by atoms with E-state index >= 15 is 0 Å². The van der Waals surface area contributed by atoms with Gasteiger partial charge in [-0.05, 0) is 91.1 Å². The Morgan fingerprint density at radius 3 is 2.57 bits per heavy atom. The van der Waals surface area contributed by atoms with Crippen molar-refractivity contribution in [2.24, 2.45) is 40.4 Å². The Bertz CT molecular complexity index is 745. The van der Waals surface area contributed by atoms with Gasteiger partial charge in [-0.3, -0.25) is 4.79 Å². The van der Waals surface area contributed by atoms with E-state index in [0.717, 1.165) is 32.1 Å². The highest BCUT2D eigenvalue weighted by Crippen LogP contribution is 2.66. The van der Waals surface area contributed by atoms with Crippen molar-refractivity contribution in [3.63, 3.8) is 0 Å². The zero-order valence-corrected chi connectivity index (χ0v) is 18.0. The van der Waals surface area contributed by atoms with Crippen LogP contribution < -0.4 is 0 Å². The number of carbonyl (C=O) groups is 2.